The molecule has 0 amide bonds. The number of alkyl halides is 2. The van der Waals surface area contributed by atoms with Gasteiger partial charge in [-0.25, -0.2) is 8.78 Å². The number of hydrogen-bond donors (Lipinski definition) is 0. The van der Waals surface area contributed by atoms with E-state index in [1.54, 1.807) is 0 Å². The fourth-order valence-electron chi connectivity index (χ4n) is 2.18. The zero-order chi connectivity index (χ0) is 11.6. The quantitative estimate of drug-likeness (QED) is 0.718. The molecule has 0 unspecified atom stereocenters. The van der Waals surface area contributed by atoms with Gasteiger partial charge in [-0.05, 0) is 27.7 Å². The Morgan fingerprint density at radius 3 is 2.00 bits per heavy atom. The van der Waals surface area contributed by atoms with Crippen molar-refractivity contribution in [1.82, 2.24) is 9.80 Å². The van der Waals surface area contributed by atoms with Gasteiger partial charge in [0.15, 0.2) is 0 Å². The van der Waals surface area contributed by atoms with Gasteiger partial charge >= 0.3 is 0 Å². The summed E-state index contributed by atoms with van der Waals surface area (Å²) in [5.41, 5.74) is 0. The van der Waals surface area contributed by atoms with Crippen molar-refractivity contribution in [2.75, 3.05) is 19.6 Å². The van der Waals surface area contributed by atoms with Gasteiger partial charge in [0.2, 0.25) is 0 Å². The molecule has 1 aliphatic heterocycles. The van der Waals surface area contributed by atoms with Crippen LogP contribution in [0.4, 0.5) is 8.78 Å². The second-order valence-electron chi connectivity index (χ2n) is 4.82. The molecule has 1 rings (SSSR count). The van der Waals surface area contributed by atoms with E-state index in [2.05, 4.69) is 18.7 Å². The predicted octanol–water partition coefficient (Wildman–Crippen LogP) is 2.05. The zero-order valence-electron chi connectivity index (χ0n) is 10.1. The summed E-state index contributed by atoms with van der Waals surface area (Å²) < 4.78 is 25.8. The standard InChI is InChI=1S/C11H22F2N2/c1-8(2)14-5-6-15(9(3)4)10(7-14)11(12)13/h8-11H,5-7H2,1-4H3/t10-/m0/s1. The average Bonchev–Trinajstić information content (AvgIpc) is 2.16. The Morgan fingerprint density at radius 1 is 1.00 bits per heavy atom. The highest BCUT2D eigenvalue weighted by Crippen LogP contribution is 2.20. The van der Waals surface area contributed by atoms with Gasteiger partial charge in [0.25, 0.3) is 6.43 Å². The molecular weight excluding hydrogens is 198 g/mol. The molecule has 1 heterocycles. The molecule has 1 fully saturated rings. The molecule has 15 heavy (non-hydrogen) atoms. The summed E-state index contributed by atoms with van der Waals surface area (Å²) in [6.45, 7) is 10.2. The summed E-state index contributed by atoms with van der Waals surface area (Å²) in [4.78, 5) is 4.05. The molecule has 1 saturated heterocycles. The molecule has 2 nitrogen and oxygen atoms in total. The van der Waals surface area contributed by atoms with Gasteiger partial charge in [0.05, 0.1) is 6.04 Å². The van der Waals surface area contributed by atoms with E-state index in [9.17, 15) is 8.78 Å². The van der Waals surface area contributed by atoms with Crippen LogP contribution < -0.4 is 0 Å². The lowest BCUT2D eigenvalue weighted by molar-refractivity contribution is -0.0445. The first-order valence-corrected chi connectivity index (χ1v) is 5.71. The number of hydrogen-bond acceptors (Lipinski definition) is 2. The highest BCUT2D eigenvalue weighted by atomic mass is 19.3. The fourth-order valence-corrected chi connectivity index (χ4v) is 2.18. The third-order valence-electron chi connectivity index (χ3n) is 3.18. The third kappa shape index (κ3) is 3.11. The van der Waals surface area contributed by atoms with Gasteiger partial charge in [-0.15, -0.1) is 0 Å². The lowest BCUT2D eigenvalue weighted by Crippen LogP contribution is -2.59. The minimum atomic E-state index is -2.24. The molecule has 0 aromatic rings. The number of halogens is 2. The first-order chi connectivity index (χ1) is 6.93. The molecular formula is C11H22F2N2. The van der Waals surface area contributed by atoms with E-state index in [4.69, 9.17) is 0 Å². The minimum absolute atomic E-state index is 0.207. The molecule has 1 aliphatic rings. The Labute approximate surface area is 91.2 Å². The van der Waals surface area contributed by atoms with E-state index in [0.717, 1.165) is 13.1 Å². The molecule has 0 spiro atoms. The summed E-state index contributed by atoms with van der Waals surface area (Å²) in [6, 6.07) is -0.0278. The van der Waals surface area contributed by atoms with Gasteiger partial charge in [-0.1, -0.05) is 0 Å². The van der Waals surface area contributed by atoms with Gasteiger partial charge in [0, 0.05) is 31.7 Å². The molecule has 0 N–H and O–H groups in total. The van der Waals surface area contributed by atoms with Crippen molar-refractivity contribution in [2.24, 2.45) is 0 Å². The lowest BCUT2D eigenvalue weighted by atomic mass is 10.1. The third-order valence-corrected chi connectivity index (χ3v) is 3.18. The van der Waals surface area contributed by atoms with E-state index in [1.165, 1.54) is 0 Å². The smallest absolute Gasteiger partial charge is 0.255 e. The topological polar surface area (TPSA) is 6.48 Å². The Morgan fingerprint density at radius 2 is 1.60 bits per heavy atom. The number of rotatable bonds is 3. The van der Waals surface area contributed by atoms with Crippen LogP contribution in [0.5, 0.6) is 0 Å². The van der Waals surface area contributed by atoms with Crippen molar-refractivity contribution >= 4 is 0 Å². The van der Waals surface area contributed by atoms with Gasteiger partial charge in [-0.2, -0.15) is 0 Å². The van der Waals surface area contributed by atoms with Crippen LogP contribution in [0.3, 0.4) is 0 Å². The van der Waals surface area contributed by atoms with Crippen molar-refractivity contribution in [3.05, 3.63) is 0 Å². The van der Waals surface area contributed by atoms with Crippen LogP contribution in [0.2, 0.25) is 0 Å². The summed E-state index contributed by atoms with van der Waals surface area (Å²) in [5, 5.41) is 0. The average molecular weight is 220 g/mol. The van der Waals surface area contributed by atoms with Crippen LogP contribution in [0, 0.1) is 0 Å². The van der Waals surface area contributed by atoms with E-state index in [-0.39, 0.29) is 6.04 Å². The molecule has 0 aromatic carbocycles. The van der Waals surface area contributed by atoms with Gasteiger partial charge in [0.1, 0.15) is 0 Å². The maximum atomic E-state index is 12.9. The zero-order valence-corrected chi connectivity index (χ0v) is 10.1. The largest absolute Gasteiger partial charge is 0.298 e. The maximum absolute atomic E-state index is 12.9. The second-order valence-corrected chi connectivity index (χ2v) is 4.82. The van der Waals surface area contributed by atoms with E-state index < -0.39 is 12.5 Å². The Hall–Kier alpha value is -0.220. The first-order valence-electron chi connectivity index (χ1n) is 5.71. The van der Waals surface area contributed by atoms with E-state index in [1.807, 2.05) is 18.7 Å². The monoisotopic (exact) mass is 220 g/mol. The van der Waals surface area contributed by atoms with Gasteiger partial charge in [-0.3, -0.25) is 9.80 Å². The van der Waals surface area contributed by atoms with Crippen molar-refractivity contribution < 1.29 is 8.78 Å². The van der Waals surface area contributed by atoms with Crippen LogP contribution in [0.1, 0.15) is 27.7 Å². The number of piperazine rings is 1. The summed E-state index contributed by atoms with van der Waals surface area (Å²) in [7, 11) is 0. The van der Waals surface area contributed by atoms with Crippen LogP contribution in [0.25, 0.3) is 0 Å². The molecule has 4 heteroatoms. The Balaban J connectivity index is 2.65. The predicted molar refractivity (Wildman–Crippen MR) is 58.3 cm³/mol. The van der Waals surface area contributed by atoms with Crippen molar-refractivity contribution in [3.63, 3.8) is 0 Å². The normalized spacial score (nSPS) is 25.8. The molecule has 0 aromatic heterocycles. The van der Waals surface area contributed by atoms with Crippen LogP contribution in [0.15, 0.2) is 0 Å². The second kappa shape index (κ2) is 5.21. The Bertz CT molecular complexity index is 195. The van der Waals surface area contributed by atoms with Crippen molar-refractivity contribution in [2.45, 2.75) is 52.2 Å². The molecule has 0 bridgehead atoms. The number of nitrogens with zero attached hydrogens (tertiary/aromatic N) is 2. The fraction of sp³-hybridized carbons (Fsp3) is 1.00. The molecule has 1 atom stereocenters. The lowest BCUT2D eigenvalue weighted by Gasteiger charge is -2.44. The maximum Gasteiger partial charge on any atom is 0.255 e. The highest BCUT2D eigenvalue weighted by molar-refractivity contribution is 4.86. The molecule has 0 saturated carbocycles. The first kappa shape index (κ1) is 12.8. The van der Waals surface area contributed by atoms with Crippen LogP contribution in [-0.2, 0) is 0 Å². The SMILES string of the molecule is CC(C)N1CCN(C(C)C)[C@H](C(F)F)C1. The van der Waals surface area contributed by atoms with Gasteiger partial charge < -0.3 is 0 Å². The molecule has 0 radical (unpaired) electrons. The molecule has 90 valence electrons. The van der Waals surface area contributed by atoms with Crippen molar-refractivity contribution in [3.8, 4) is 0 Å². The van der Waals surface area contributed by atoms with E-state index in [0.29, 0.717) is 12.6 Å². The highest BCUT2D eigenvalue weighted by Gasteiger charge is 2.35. The summed E-state index contributed by atoms with van der Waals surface area (Å²) in [5.74, 6) is 0. The van der Waals surface area contributed by atoms with E-state index >= 15 is 0 Å². The van der Waals surface area contributed by atoms with Crippen LogP contribution >= 0.6 is 0 Å². The summed E-state index contributed by atoms with van der Waals surface area (Å²) >= 11 is 0. The van der Waals surface area contributed by atoms with Crippen LogP contribution in [-0.4, -0.2) is 54.0 Å². The Kier molecular flexibility index (Phi) is 4.46. The minimum Gasteiger partial charge on any atom is -0.298 e. The van der Waals surface area contributed by atoms with Crippen molar-refractivity contribution in [1.29, 1.82) is 0 Å². The molecule has 0 aliphatic carbocycles. The summed E-state index contributed by atoms with van der Waals surface area (Å²) in [6.07, 6.45) is -2.24.